The van der Waals surface area contributed by atoms with E-state index in [0.717, 1.165) is 10.8 Å². The molecule has 0 aliphatic rings. The highest BCUT2D eigenvalue weighted by atomic mass is 32.2. The summed E-state index contributed by atoms with van der Waals surface area (Å²) < 4.78 is 27.7. The second-order valence-corrected chi connectivity index (χ2v) is 7.08. The van der Waals surface area contributed by atoms with E-state index in [9.17, 15) is 13.2 Å². The molecular formula is C18H16N2O4S. The Morgan fingerprint density at radius 1 is 0.880 bits per heavy atom. The van der Waals surface area contributed by atoms with Gasteiger partial charge in [-0.05, 0) is 41.1 Å². The third kappa shape index (κ3) is 3.96. The molecule has 3 N–H and O–H groups in total. The van der Waals surface area contributed by atoms with Crippen LogP contribution in [-0.4, -0.2) is 26.0 Å². The van der Waals surface area contributed by atoms with Crippen LogP contribution in [0.3, 0.4) is 0 Å². The second-order valence-electron chi connectivity index (χ2n) is 5.40. The average molecular weight is 356 g/mol. The highest BCUT2D eigenvalue weighted by Crippen LogP contribution is 2.22. The minimum Gasteiger partial charge on any atom is -0.387 e. The maximum Gasteiger partial charge on any atom is 0.261 e. The normalized spacial score (nSPS) is 11.2. The Bertz CT molecular complexity index is 1030. The molecule has 0 atom stereocenters. The molecule has 6 nitrogen and oxygen atoms in total. The largest absolute Gasteiger partial charge is 0.387 e. The van der Waals surface area contributed by atoms with E-state index in [1.807, 2.05) is 24.3 Å². The zero-order valence-electron chi connectivity index (χ0n) is 13.1. The van der Waals surface area contributed by atoms with Gasteiger partial charge in [0.25, 0.3) is 10.0 Å². The molecule has 0 radical (unpaired) electrons. The first-order valence-corrected chi connectivity index (χ1v) is 8.99. The number of fused-ring (bicyclic) bond motifs is 1. The molecule has 0 fully saturated rings. The van der Waals surface area contributed by atoms with Crippen molar-refractivity contribution in [2.75, 3.05) is 16.6 Å². The molecule has 0 heterocycles. The van der Waals surface area contributed by atoms with Gasteiger partial charge in [0.05, 0.1) is 10.6 Å². The van der Waals surface area contributed by atoms with Gasteiger partial charge in [0.2, 0.25) is 5.91 Å². The van der Waals surface area contributed by atoms with Crippen molar-refractivity contribution in [3.8, 4) is 0 Å². The van der Waals surface area contributed by atoms with Crippen LogP contribution in [0.1, 0.15) is 0 Å². The van der Waals surface area contributed by atoms with E-state index in [1.54, 1.807) is 36.4 Å². The molecular weight excluding hydrogens is 340 g/mol. The van der Waals surface area contributed by atoms with Crippen molar-refractivity contribution < 1.29 is 18.3 Å². The van der Waals surface area contributed by atoms with Gasteiger partial charge in [-0.25, -0.2) is 8.42 Å². The topological polar surface area (TPSA) is 95.5 Å². The van der Waals surface area contributed by atoms with Crippen LogP contribution in [0.5, 0.6) is 0 Å². The van der Waals surface area contributed by atoms with Gasteiger partial charge < -0.3 is 10.4 Å². The Labute approximate surface area is 145 Å². The van der Waals surface area contributed by atoms with Gasteiger partial charge in [-0.1, -0.05) is 36.4 Å². The SMILES string of the molecule is O=C(CO)Nc1cccc(NS(=O)(=O)c2ccc3ccccc3c2)c1. The Hall–Kier alpha value is -2.90. The zero-order chi connectivity index (χ0) is 17.9. The summed E-state index contributed by atoms with van der Waals surface area (Å²) in [6, 6.07) is 18.6. The number of nitrogens with one attached hydrogen (secondary N) is 2. The van der Waals surface area contributed by atoms with Crippen LogP contribution in [0.15, 0.2) is 71.6 Å². The number of hydrogen-bond acceptors (Lipinski definition) is 4. The van der Waals surface area contributed by atoms with Crippen LogP contribution < -0.4 is 10.0 Å². The number of hydrogen-bond donors (Lipinski definition) is 3. The number of carbonyl (C=O) groups is 1. The monoisotopic (exact) mass is 356 g/mol. The predicted molar refractivity (Wildman–Crippen MR) is 96.9 cm³/mol. The number of carbonyl (C=O) groups excluding carboxylic acids is 1. The number of amides is 1. The van der Waals surface area contributed by atoms with Gasteiger partial charge in [-0.2, -0.15) is 0 Å². The van der Waals surface area contributed by atoms with Crippen LogP contribution in [0.25, 0.3) is 10.8 Å². The summed E-state index contributed by atoms with van der Waals surface area (Å²) in [6.07, 6.45) is 0. The number of aliphatic hydroxyl groups excluding tert-OH is 1. The highest BCUT2D eigenvalue weighted by molar-refractivity contribution is 7.92. The Balaban J connectivity index is 1.87. The van der Waals surface area contributed by atoms with Gasteiger partial charge >= 0.3 is 0 Å². The van der Waals surface area contributed by atoms with Crippen molar-refractivity contribution in [1.82, 2.24) is 0 Å². The van der Waals surface area contributed by atoms with E-state index in [2.05, 4.69) is 10.0 Å². The summed E-state index contributed by atoms with van der Waals surface area (Å²) in [4.78, 5) is 11.4. The van der Waals surface area contributed by atoms with Crippen molar-refractivity contribution in [3.63, 3.8) is 0 Å². The summed E-state index contributed by atoms with van der Waals surface area (Å²) in [5, 5.41) is 13.0. The molecule has 25 heavy (non-hydrogen) atoms. The molecule has 0 bridgehead atoms. The number of anilines is 2. The average Bonchev–Trinajstić information content (AvgIpc) is 2.61. The van der Waals surface area contributed by atoms with Gasteiger partial charge in [0, 0.05) is 5.69 Å². The summed E-state index contributed by atoms with van der Waals surface area (Å²) >= 11 is 0. The van der Waals surface area contributed by atoms with E-state index < -0.39 is 22.5 Å². The Morgan fingerprint density at radius 2 is 1.60 bits per heavy atom. The Morgan fingerprint density at radius 3 is 2.36 bits per heavy atom. The lowest BCUT2D eigenvalue weighted by molar-refractivity contribution is -0.118. The molecule has 128 valence electrons. The smallest absolute Gasteiger partial charge is 0.261 e. The lowest BCUT2D eigenvalue weighted by Gasteiger charge is -2.11. The summed E-state index contributed by atoms with van der Waals surface area (Å²) in [7, 11) is -3.77. The maximum atomic E-state index is 12.6. The summed E-state index contributed by atoms with van der Waals surface area (Å²) in [5.74, 6) is -0.575. The van der Waals surface area contributed by atoms with Crippen molar-refractivity contribution in [3.05, 3.63) is 66.7 Å². The molecule has 0 aromatic heterocycles. The summed E-state index contributed by atoms with van der Waals surface area (Å²) in [6.45, 7) is -0.646. The molecule has 7 heteroatoms. The highest BCUT2D eigenvalue weighted by Gasteiger charge is 2.15. The van der Waals surface area contributed by atoms with Gasteiger partial charge in [0.15, 0.2) is 0 Å². The lowest BCUT2D eigenvalue weighted by atomic mass is 10.1. The van der Waals surface area contributed by atoms with E-state index in [0.29, 0.717) is 11.4 Å². The standard InChI is InChI=1S/C18H16N2O4S/c21-12-18(22)19-15-6-3-7-16(11-15)20-25(23,24)17-9-8-13-4-1-2-5-14(13)10-17/h1-11,20-21H,12H2,(H,19,22). The number of aliphatic hydroxyl groups is 1. The zero-order valence-corrected chi connectivity index (χ0v) is 14.0. The molecule has 0 unspecified atom stereocenters. The van der Waals surface area contributed by atoms with Crippen molar-refractivity contribution in [2.24, 2.45) is 0 Å². The molecule has 0 spiro atoms. The molecule has 1 amide bonds. The molecule has 0 aliphatic carbocycles. The lowest BCUT2D eigenvalue weighted by Crippen LogP contribution is -2.16. The molecule has 0 aliphatic heterocycles. The van der Waals surface area contributed by atoms with Crippen LogP contribution in [-0.2, 0) is 14.8 Å². The molecule has 3 aromatic rings. The fourth-order valence-electron chi connectivity index (χ4n) is 2.41. The first kappa shape index (κ1) is 16.9. The first-order chi connectivity index (χ1) is 12.0. The fraction of sp³-hybridized carbons (Fsp3) is 0.0556. The molecule has 3 rings (SSSR count). The molecule has 0 saturated heterocycles. The van der Waals surface area contributed by atoms with E-state index >= 15 is 0 Å². The quantitative estimate of drug-likeness (QED) is 0.655. The summed E-state index contributed by atoms with van der Waals surface area (Å²) in [5.41, 5.74) is 0.696. The molecule has 3 aromatic carbocycles. The van der Waals surface area contributed by atoms with E-state index in [-0.39, 0.29) is 4.90 Å². The van der Waals surface area contributed by atoms with Crippen molar-refractivity contribution >= 4 is 38.1 Å². The van der Waals surface area contributed by atoms with Crippen LogP contribution in [0.4, 0.5) is 11.4 Å². The van der Waals surface area contributed by atoms with Crippen LogP contribution in [0.2, 0.25) is 0 Å². The first-order valence-electron chi connectivity index (χ1n) is 7.50. The van der Waals surface area contributed by atoms with Gasteiger partial charge in [0.1, 0.15) is 6.61 Å². The van der Waals surface area contributed by atoms with Gasteiger partial charge in [-0.15, -0.1) is 0 Å². The fourth-order valence-corrected chi connectivity index (χ4v) is 3.49. The van der Waals surface area contributed by atoms with Crippen molar-refractivity contribution in [1.29, 1.82) is 0 Å². The minimum absolute atomic E-state index is 0.149. The second kappa shape index (κ2) is 6.92. The van der Waals surface area contributed by atoms with E-state index in [1.165, 1.54) is 6.07 Å². The number of benzene rings is 3. The van der Waals surface area contributed by atoms with E-state index in [4.69, 9.17) is 5.11 Å². The van der Waals surface area contributed by atoms with Crippen LogP contribution in [0, 0.1) is 0 Å². The Kier molecular flexibility index (Phi) is 4.69. The van der Waals surface area contributed by atoms with Crippen LogP contribution >= 0.6 is 0 Å². The predicted octanol–water partition coefficient (Wildman–Crippen LogP) is 2.57. The third-order valence-corrected chi connectivity index (χ3v) is 4.95. The van der Waals surface area contributed by atoms with Crippen molar-refractivity contribution in [2.45, 2.75) is 4.90 Å². The molecule has 0 saturated carbocycles. The number of rotatable bonds is 5. The van der Waals surface area contributed by atoms with Gasteiger partial charge in [-0.3, -0.25) is 9.52 Å². The third-order valence-electron chi connectivity index (χ3n) is 3.57. The maximum absolute atomic E-state index is 12.6. The number of sulfonamides is 1. The minimum atomic E-state index is -3.77.